The fourth-order valence-electron chi connectivity index (χ4n) is 1.72. The van der Waals surface area contributed by atoms with E-state index < -0.39 is 17.5 Å². The maximum absolute atomic E-state index is 14.1. The third kappa shape index (κ3) is 2.87. The van der Waals surface area contributed by atoms with Crippen LogP contribution in [0.1, 0.15) is 25.8 Å². The molecule has 1 rings (SSSR count). The van der Waals surface area contributed by atoms with Crippen LogP contribution in [0.5, 0.6) is 0 Å². The number of hydrogen-bond acceptors (Lipinski definition) is 3. The normalized spacial score (nSPS) is 14.8. The van der Waals surface area contributed by atoms with Gasteiger partial charge in [0, 0.05) is 5.02 Å². The minimum Gasteiger partial charge on any atom is -0.461 e. The van der Waals surface area contributed by atoms with E-state index >= 15 is 0 Å². The van der Waals surface area contributed by atoms with Crippen molar-refractivity contribution in [2.75, 3.05) is 6.61 Å². The van der Waals surface area contributed by atoms with Gasteiger partial charge in [0.15, 0.2) is 5.60 Å². The zero-order valence-electron chi connectivity index (χ0n) is 10.6. The van der Waals surface area contributed by atoms with Gasteiger partial charge in [-0.3, -0.25) is 0 Å². The number of carbonyl (C=O) groups is 1. The van der Waals surface area contributed by atoms with E-state index in [9.17, 15) is 18.7 Å². The van der Waals surface area contributed by atoms with Crippen LogP contribution in [0.25, 0.3) is 0 Å². The molecule has 1 atom stereocenters. The molecule has 0 aliphatic carbocycles. The third-order valence-corrected chi connectivity index (χ3v) is 3.14. The molecule has 1 unspecified atom stereocenters. The molecule has 19 heavy (non-hydrogen) atoms. The summed E-state index contributed by atoms with van der Waals surface area (Å²) in [7, 11) is 0. The van der Waals surface area contributed by atoms with E-state index in [1.807, 2.05) is 0 Å². The number of esters is 1. The van der Waals surface area contributed by atoms with Crippen LogP contribution >= 0.6 is 11.6 Å². The van der Waals surface area contributed by atoms with E-state index in [-0.39, 0.29) is 18.6 Å². The first-order valence-electron chi connectivity index (χ1n) is 5.83. The summed E-state index contributed by atoms with van der Waals surface area (Å²) in [5.74, 6) is -5.78. The van der Waals surface area contributed by atoms with Crippen LogP contribution in [0.4, 0.5) is 8.78 Å². The molecule has 0 aliphatic rings. The lowest BCUT2D eigenvalue weighted by molar-refractivity contribution is -0.218. The Morgan fingerprint density at radius 2 is 1.84 bits per heavy atom. The number of benzene rings is 1. The summed E-state index contributed by atoms with van der Waals surface area (Å²) in [4.78, 5) is 11.4. The highest BCUT2D eigenvalue weighted by Gasteiger charge is 2.59. The highest BCUT2D eigenvalue weighted by Crippen LogP contribution is 2.41. The topological polar surface area (TPSA) is 46.5 Å². The van der Waals surface area contributed by atoms with Crippen molar-refractivity contribution in [2.45, 2.75) is 31.8 Å². The molecule has 0 bridgehead atoms. The van der Waals surface area contributed by atoms with Crippen LogP contribution in [0, 0.1) is 0 Å². The van der Waals surface area contributed by atoms with E-state index in [1.165, 1.54) is 38.1 Å². The zero-order valence-corrected chi connectivity index (χ0v) is 11.4. The number of carbonyl (C=O) groups excluding carboxylic acids is 1. The Morgan fingerprint density at radius 3 is 2.26 bits per heavy atom. The molecule has 106 valence electrons. The fourth-order valence-corrected chi connectivity index (χ4v) is 1.85. The highest BCUT2D eigenvalue weighted by molar-refractivity contribution is 6.30. The standard InChI is InChI=1S/C13H15ClF2O3/c1-3-12(18,9-5-7-10(14)8-6-9)13(15,16)11(17)19-4-2/h5-8,18H,3-4H2,1-2H3. The SMILES string of the molecule is CCOC(=O)C(F)(F)C(O)(CC)c1ccc(Cl)cc1. The number of ether oxygens (including phenoxy) is 1. The van der Waals surface area contributed by atoms with Crippen LogP contribution < -0.4 is 0 Å². The van der Waals surface area contributed by atoms with Crippen molar-refractivity contribution in [3.63, 3.8) is 0 Å². The quantitative estimate of drug-likeness (QED) is 0.848. The summed E-state index contributed by atoms with van der Waals surface area (Å²) in [5.41, 5.74) is -2.71. The lowest BCUT2D eigenvalue weighted by Crippen LogP contribution is -2.51. The maximum atomic E-state index is 14.1. The van der Waals surface area contributed by atoms with E-state index in [0.29, 0.717) is 5.02 Å². The molecule has 0 radical (unpaired) electrons. The van der Waals surface area contributed by atoms with Gasteiger partial charge in [0.25, 0.3) is 0 Å². The summed E-state index contributed by atoms with van der Waals surface area (Å²) in [5, 5.41) is 10.6. The van der Waals surface area contributed by atoms with Crippen LogP contribution in [0.3, 0.4) is 0 Å². The Kier molecular flexibility index (Phi) is 4.87. The second-order valence-corrected chi connectivity index (χ2v) is 4.45. The Labute approximate surface area is 115 Å². The molecule has 1 aromatic rings. The summed E-state index contributed by atoms with van der Waals surface area (Å²) >= 11 is 5.67. The van der Waals surface area contributed by atoms with Crippen molar-refractivity contribution >= 4 is 17.6 Å². The Hall–Kier alpha value is -1.20. The number of halogens is 3. The van der Waals surface area contributed by atoms with E-state index in [0.717, 1.165) is 0 Å². The van der Waals surface area contributed by atoms with E-state index in [2.05, 4.69) is 4.74 Å². The first-order chi connectivity index (χ1) is 8.79. The zero-order chi connectivity index (χ0) is 14.7. The van der Waals surface area contributed by atoms with Crippen LogP contribution in [-0.2, 0) is 15.1 Å². The lowest BCUT2D eigenvalue weighted by Gasteiger charge is -2.33. The molecule has 1 aromatic carbocycles. The molecule has 0 aromatic heterocycles. The van der Waals surface area contributed by atoms with Gasteiger partial charge in [-0.2, -0.15) is 8.78 Å². The van der Waals surface area contributed by atoms with Crippen molar-refractivity contribution in [3.8, 4) is 0 Å². The molecule has 6 heteroatoms. The predicted octanol–water partition coefficient (Wildman–Crippen LogP) is 3.14. The molecule has 0 amide bonds. The average molecular weight is 293 g/mol. The van der Waals surface area contributed by atoms with Gasteiger partial charge in [0.1, 0.15) is 0 Å². The monoisotopic (exact) mass is 292 g/mol. The number of alkyl halides is 2. The largest absolute Gasteiger partial charge is 0.461 e. The molecular formula is C13H15ClF2O3. The van der Waals surface area contributed by atoms with Gasteiger partial charge in [-0.05, 0) is 31.0 Å². The molecule has 0 saturated carbocycles. The average Bonchev–Trinajstić information content (AvgIpc) is 2.38. The molecule has 3 nitrogen and oxygen atoms in total. The van der Waals surface area contributed by atoms with Crippen LogP contribution in [0.15, 0.2) is 24.3 Å². The van der Waals surface area contributed by atoms with Crippen molar-refractivity contribution in [3.05, 3.63) is 34.9 Å². The van der Waals surface area contributed by atoms with Gasteiger partial charge in [-0.1, -0.05) is 30.7 Å². The Bertz CT molecular complexity index is 448. The van der Waals surface area contributed by atoms with Gasteiger partial charge >= 0.3 is 11.9 Å². The van der Waals surface area contributed by atoms with Crippen molar-refractivity contribution in [2.24, 2.45) is 0 Å². The summed E-state index contributed by atoms with van der Waals surface area (Å²) in [6.07, 6.45) is -0.347. The minimum absolute atomic E-state index is 0.0857. The van der Waals surface area contributed by atoms with E-state index in [1.54, 1.807) is 0 Å². The first-order valence-corrected chi connectivity index (χ1v) is 6.20. The molecule has 0 saturated heterocycles. The van der Waals surface area contributed by atoms with Gasteiger partial charge in [-0.25, -0.2) is 4.79 Å². The van der Waals surface area contributed by atoms with E-state index in [4.69, 9.17) is 11.6 Å². The molecule has 1 N–H and O–H groups in total. The highest BCUT2D eigenvalue weighted by atomic mass is 35.5. The molecule has 0 heterocycles. The summed E-state index contributed by atoms with van der Waals surface area (Å²) in [6.45, 7) is 2.60. The van der Waals surface area contributed by atoms with Crippen molar-refractivity contribution in [1.29, 1.82) is 0 Å². The number of aliphatic hydroxyl groups is 1. The maximum Gasteiger partial charge on any atom is 0.380 e. The molecular weight excluding hydrogens is 278 g/mol. The summed E-state index contributed by atoms with van der Waals surface area (Å²) < 4.78 is 32.5. The first kappa shape index (κ1) is 15.9. The Morgan fingerprint density at radius 1 is 1.32 bits per heavy atom. The lowest BCUT2D eigenvalue weighted by atomic mass is 9.85. The third-order valence-electron chi connectivity index (χ3n) is 2.88. The number of rotatable bonds is 5. The second-order valence-electron chi connectivity index (χ2n) is 4.02. The minimum atomic E-state index is -4.04. The van der Waals surface area contributed by atoms with Crippen molar-refractivity contribution in [1.82, 2.24) is 0 Å². The number of hydrogen-bond donors (Lipinski definition) is 1. The van der Waals surface area contributed by atoms with Crippen molar-refractivity contribution < 1.29 is 23.4 Å². The van der Waals surface area contributed by atoms with Gasteiger partial charge in [0.05, 0.1) is 6.61 Å². The predicted molar refractivity (Wildman–Crippen MR) is 67.2 cm³/mol. The van der Waals surface area contributed by atoms with Gasteiger partial charge < -0.3 is 9.84 Å². The van der Waals surface area contributed by atoms with Crippen LogP contribution in [0.2, 0.25) is 5.02 Å². The molecule has 0 spiro atoms. The second kappa shape index (κ2) is 5.84. The Balaban J connectivity index is 3.22. The smallest absolute Gasteiger partial charge is 0.380 e. The molecule has 0 fully saturated rings. The van der Waals surface area contributed by atoms with Gasteiger partial charge in [0.2, 0.25) is 0 Å². The fraction of sp³-hybridized carbons (Fsp3) is 0.462. The molecule has 0 aliphatic heterocycles. The van der Waals surface area contributed by atoms with Crippen LogP contribution in [-0.4, -0.2) is 23.6 Å². The van der Waals surface area contributed by atoms with Gasteiger partial charge in [-0.15, -0.1) is 0 Å². The summed E-state index contributed by atoms with van der Waals surface area (Å²) in [6, 6.07) is 5.27.